The largest absolute Gasteiger partial charge is 1.00 e. The Morgan fingerprint density at radius 2 is 1.48 bits per heavy atom. The molecule has 0 aliphatic carbocycles. The molecule has 0 saturated heterocycles. The summed E-state index contributed by atoms with van der Waals surface area (Å²) in [5.74, 6) is 0.411. The summed E-state index contributed by atoms with van der Waals surface area (Å²) < 4.78 is 74.8. The van der Waals surface area contributed by atoms with Gasteiger partial charge in [0.1, 0.15) is 31.7 Å². The van der Waals surface area contributed by atoms with Crippen LogP contribution in [0.25, 0.3) is 0 Å². The van der Waals surface area contributed by atoms with Crippen molar-refractivity contribution < 1.29 is 68.4 Å². The van der Waals surface area contributed by atoms with Gasteiger partial charge in [0.05, 0.1) is 9.79 Å². The molecule has 0 saturated carbocycles. The zero-order chi connectivity index (χ0) is 18.7. The molecule has 0 aromatic heterocycles. The van der Waals surface area contributed by atoms with Gasteiger partial charge >= 0.3 is 37.7 Å². The molecule has 2 aromatic rings. The van der Waals surface area contributed by atoms with Crippen molar-refractivity contribution >= 4 is 20.2 Å². The minimum absolute atomic E-state index is 0. The smallest absolute Gasteiger partial charge is 0.744 e. The third-order valence-corrected chi connectivity index (χ3v) is 5.43. The second kappa shape index (κ2) is 10.7. The molecule has 0 radical (unpaired) electrons. The first-order chi connectivity index (χ1) is 11.6. The fourth-order valence-electron chi connectivity index (χ4n) is 2.36. The summed E-state index contributed by atoms with van der Waals surface area (Å²) in [5, 5.41) is 0. The molecule has 136 valence electrons. The normalized spacial score (nSPS) is 11.2. The molecule has 7 nitrogen and oxygen atoms in total. The molecule has 0 fully saturated rings. The molecule has 2 rings (SSSR count). The third kappa shape index (κ3) is 6.97. The number of benzene rings is 2. The molecule has 0 bridgehead atoms. The van der Waals surface area contributed by atoms with Crippen LogP contribution >= 0.6 is 0 Å². The molecule has 0 N–H and O–H groups in total. The summed E-state index contributed by atoms with van der Waals surface area (Å²) in [5.41, 5.74) is -0.0994. The van der Waals surface area contributed by atoms with Crippen LogP contribution in [0.1, 0.15) is 25.3 Å². The van der Waals surface area contributed by atoms with E-state index in [1.807, 2.05) is 6.92 Å². The van der Waals surface area contributed by atoms with E-state index >= 15 is 0 Å². The Kier molecular flexibility index (Phi) is 10.4. The SMILES string of the molecule is CCCCc1c(Oc2ccccc2)ccc(S(=O)(=O)[O-])c1S(=O)(=O)[O-].[Li+].[Li+]. The first-order valence-electron chi connectivity index (χ1n) is 7.45. The van der Waals surface area contributed by atoms with Crippen molar-refractivity contribution in [3.8, 4) is 11.5 Å². The topological polar surface area (TPSA) is 124 Å². The van der Waals surface area contributed by atoms with Gasteiger partial charge in [0.15, 0.2) is 0 Å². The van der Waals surface area contributed by atoms with Crippen LogP contribution < -0.4 is 42.5 Å². The van der Waals surface area contributed by atoms with Crippen LogP contribution in [-0.4, -0.2) is 25.9 Å². The minimum Gasteiger partial charge on any atom is -0.744 e. The molecule has 0 amide bonds. The molecule has 0 unspecified atom stereocenters. The van der Waals surface area contributed by atoms with Gasteiger partial charge < -0.3 is 13.8 Å². The van der Waals surface area contributed by atoms with Crippen molar-refractivity contribution in [2.75, 3.05) is 0 Å². The van der Waals surface area contributed by atoms with Gasteiger partial charge in [0, 0.05) is 5.56 Å². The van der Waals surface area contributed by atoms with Gasteiger partial charge in [-0.25, -0.2) is 16.8 Å². The maximum atomic E-state index is 11.7. The van der Waals surface area contributed by atoms with Gasteiger partial charge in [-0.2, -0.15) is 0 Å². The summed E-state index contributed by atoms with van der Waals surface area (Å²) in [6.45, 7) is 1.84. The van der Waals surface area contributed by atoms with Crippen LogP contribution in [0.15, 0.2) is 52.3 Å². The fraction of sp³-hybridized carbons (Fsp3) is 0.250. The number of ether oxygens (including phenoxy) is 1. The molecule has 0 aliphatic heterocycles. The average Bonchev–Trinajstić information content (AvgIpc) is 2.52. The molecule has 0 spiro atoms. The predicted octanol–water partition coefficient (Wildman–Crippen LogP) is -3.36. The van der Waals surface area contributed by atoms with E-state index in [9.17, 15) is 25.9 Å². The van der Waals surface area contributed by atoms with E-state index in [0.29, 0.717) is 18.6 Å². The van der Waals surface area contributed by atoms with Gasteiger partial charge in [-0.05, 0) is 37.1 Å². The number of rotatable bonds is 7. The maximum absolute atomic E-state index is 11.7. The number of para-hydroxylation sites is 1. The molecule has 0 atom stereocenters. The summed E-state index contributed by atoms with van der Waals surface area (Å²) in [6.07, 6.45) is 1.23. The van der Waals surface area contributed by atoms with Gasteiger partial charge in [-0.15, -0.1) is 0 Å². The van der Waals surface area contributed by atoms with Crippen LogP contribution in [0.3, 0.4) is 0 Å². The van der Waals surface area contributed by atoms with Crippen LogP contribution in [0.2, 0.25) is 0 Å². The quantitative estimate of drug-likeness (QED) is 0.352. The van der Waals surface area contributed by atoms with Crippen molar-refractivity contribution in [2.24, 2.45) is 0 Å². The molecule has 2 aromatic carbocycles. The summed E-state index contributed by atoms with van der Waals surface area (Å²) in [4.78, 5) is -2.07. The van der Waals surface area contributed by atoms with E-state index in [2.05, 4.69) is 0 Å². The summed E-state index contributed by atoms with van der Waals surface area (Å²) in [7, 11) is -10.3. The van der Waals surface area contributed by atoms with E-state index in [0.717, 1.165) is 6.07 Å². The van der Waals surface area contributed by atoms with Gasteiger partial charge in [-0.1, -0.05) is 31.5 Å². The Balaban J connectivity index is 0.00000338. The Hall–Kier alpha value is -0.745. The van der Waals surface area contributed by atoms with Crippen molar-refractivity contribution in [2.45, 2.75) is 36.0 Å². The van der Waals surface area contributed by atoms with Crippen molar-refractivity contribution in [3.05, 3.63) is 48.0 Å². The van der Waals surface area contributed by atoms with Crippen molar-refractivity contribution in [1.82, 2.24) is 0 Å². The second-order valence-corrected chi connectivity index (χ2v) is 7.96. The molecule has 27 heavy (non-hydrogen) atoms. The second-order valence-electron chi connectivity index (χ2n) is 5.30. The van der Waals surface area contributed by atoms with Crippen LogP contribution in [-0.2, 0) is 26.7 Å². The Morgan fingerprint density at radius 3 is 1.96 bits per heavy atom. The van der Waals surface area contributed by atoms with E-state index in [4.69, 9.17) is 4.74 Å². The third-order valence-electron chi connectivity index (χ3n) is 3.45. The van der Waals surface area contributed by atoms with E-state index in [1.165, 1.54) is 6.07 Å². The van der Waals surface area contributed by atoms with Crippen LogP contribution in [0, 0.1) is 0 Å². The number of unbranched alkanes of at least 4 members (excludes halogenated alkanes) is 1. The van der Waals surface area contributed by atoms with Crippen LogP contribution in [0.4, 0.5) is 0 Å². The maximum Gasteiger partial charge on any atom is 1.00 e. The fourth-order valence-corrected chi connectivity index (χ4v) is 4.38. The average molecular weight is 398 g/mol. The monoisotopic (exact) mass is 398 g/mol. The van der Waals surface area contributed by atoms with Crippen molar-refractivity contribution in [3.63, 3.8) is 0 Å². The molecule has 11 heteroatoms. The van der Waals surface area contributed by atoms with Gasteiger partial charge in [0.25, 0.3) is 0 Å². The Bertz CT molecular complexity index is 960. The standard InChI is InChI=1S/C16H18O7S2.2Li/c1-2-3-9-13-14(23-12-7-5-4-6-8-12)10-11-15(24(17,18)19)16(13)25(20,21)22;;/h4-8,10-11H,2-3,9H2,1H3,(H,17,18,19)(H,20,21,22);;/q;2*+1/p-2. The summed E-state index contributed by atoms with van der Waals surface area (Å²) in [6, 6.07) is 10.4. The molecular weight excluding hydrogens is 382 g/mol. The first-order valence-corrected chi connectivity index (χ1v) is 10.3. The Labute approximate surface area is 183 Å². The predicted molar refractivity (Wildman–Crippen MR) is 87.5 cm³/mol. The summed E-state index contributed by atoms with van der Waals surface area (Å²) >= 11 is 0. The van der Waals surface area contributed by atoms with Crippen molar-refractivity contribution in [1.29, 1.82) is 0 Å². The molecular formula is C16H16Li2O7S2. The van der Waals surface area contributed by atoms with Gasteiger partial charge in [0.2, 0.25) is 0 Å². The van der Waals surface area contributed by atoms with E-state index in [1.54, 1.807) is 30.3 Å². The zero-order valence-corrected chi connectivity index (χ0v) is 17.0. The molecule has 0 heterocycles. The van der Waals surface area contributed by atoms with E-state index < -0.39 is 30.0 Å². The molecule has 0 aliphatic rings. The zero-order valence-electron chi connectivity index (χ0n) is 15.3. The van der Waals surface area contributed by atoms with Gasteiger partial charge in [-0.3, -0.25) is 0 Å². The first kappa shape index (κ1) is 26.3. The van der Waals surface area contributed by atoms with Crippen LogP contribution in [0.5, 0.6) is 11.5 Å². The Morgan fingerprint density at radius 1 is 0.889 bits per heavy atom. The number of hydrogen-bond acceptors (Lipinski definition) is 7. The number of hydrogen-bond donors (Lipinski definition) is 0. The van der Waals surface area contributed by atoms with E-state index in [-0.39, 0.29) is 55.5 Å². The minimum atomic E-state index is -5.20.